The van der Waals surface area contributed by atoms with Gasteiger partial charge in [0.2, 0.25) is 0 Å². The lowest BCUT2D eigenvalue weighted by molar-refractivity contribution is -0.274. The van der Waals surface area contributed by atoms with Gasteiger partial charge in [0, 0.05) is 30.1 Å². The summed E-state index contributed by atoms with van der Waals surface area (Å²) in [6, 6.07) is 20.5. The molecule has 0 atom stereocenters. The third-order valence-corrected chi connectivity index (χ3v) is 7.08. The second-order valence-corrected chi connectivity index (χ2v) is 9.85. The van der Waals surface area contributed by atoms with E-state index >= 15 is 0 Å². The summed E-state index contributed by atoms with van der Waals surface area (Å²) >= 11 is 1.56. The molecule has 3 aromatic carbocycles. The van der Waals surface area contributed by atoms with Crippen molar-refractivity contribution in [2.45, 2.75) is 26.3 Å². The molecule has 0 unspecified atom stereocenters. The average Bonchev–Trinajstić information content (AvgIpc) is 3.62. The first-order chi connectivity index (χ1) is 19.3. The second-order valence-electron chi connectivity index (χ2n) is 8.79. The molecule has 1 fully saturated rings. The number of amidine groups is 1. The van der Waals surface area contributed by atoms with E-state index in [2.05, 4.69) is 49.1 Å². The monoisotopic (exact) mass is 566 g/mol. The maximum atomic E-state index is 12.6. The summed E-state index contributed by atoms with van der Waals surface area (Å²) in [5.74, 6) is 1.00. The zero-order chi connectivity index (χ0) is 28.1. The Morgan fingerprint density at radius 1 is 1.07 bits per heavy atom. The number of aliphatic imine (C=N–C) groups is 1. The largest absolute Gasteiger partial charge is 0.573 e. The number of para-hydroxylation sites is 1. The van der Waals surface area contributed by atoms with Gasteiger partial charge >= 0.3 is 12.4 Å². The molecule has 5 rings (SSSR count). The van der Waals surface area contributed by atoms with E-state index in [4.69, 9.17) is 0 Å². The molecule has 0 aliphatic carbocycles. The molecule has 1 N–H and O–H groups in total. The van der Waals surface area contributed by atoms with Crippen molar-refractivity contribution in [2.75, 3.05) is 17.2 Å². The summed E-state index contributed by atoms with van der Waals surface area (Å²) in [5, 5.41) is 7.95. The SMILES string of the molecule is CCc1ccccc1N1CCS/C1=N\C(=O)NCc1ccc(-c2ncn(-c3ccc(OC(F)(F)F)cc3)n2)cc1. The fourth-order valence-corrected chi connectivity index (χ4v) is 5.14. The Labute approximate surface area is 232 Å². The number of anilines is 1. The molecule has 1 aliphatic heterocycles. The standard InChI is InChI=1S/C28H25F3N6O2S/c1-2-20-5-3-4-6-24(20)36-15-16-40-27(36)34-26(38)32-17-19-7-9-21(10-8-19)25-33-18-37(35-25)22-11-13-23(14-12-22)39-28(29,30)31/h3-14,18H,2,15-17H2,1H3,(H,32,38)/b34-27-. The number of thioether (sulfide) groups is 1. The Morgan fingerprint density at radius 2 is 1.82 bits per heavy atom. The van der Waals surface area contributed by atoms with Crippen molar-refractivity contribution in [3.63, 3.8) is 0 Å². The van der Waals surface area contributed by atoms with Crippen molar-refractivity contribution < 1.29 is 22.7 Å². The van der Waals surface area contributed by atoms with E-state index in [0.717, 1.165) is 35.5 Å². The quantitative estimate of drug-likeness (QED) is 0.286. The number of amides is 2. The molecule has 0 radical (unpaired) electrons. The summed E-state index contributed by atoms with van der Waals surface area (Å²) in [7, 11) is 0. The highest BCUT2D eigenvalue weighted by molar-refractivity contribution is 8.14. The fourth-order valence-electron chi connectivity index (χ4n) is 4.19. The van der Waals surface area contributed by atoms with Gasteiger partial charge < -0.3 is 15.0 Å². The van der Waals surface area contributed by atoms with Gasteiger partial charge in [-0.05, 0) is 47.9 Å². The van der Waals surface area contributed by atoms with E-state index in [0.29, 0.717) is 23.2 Å². The molecule has 206 valence electrons. The Kier molecular flexibility index (Phi) is 8.06. The maximum Gasteiger partial charge on any atom is 0.573 e. The molecule has 4 aromatic rings. The molecule has 12 heteroatoms. The van der Waals surface area contributed by atoms with Crippen molar-refractivity contribution in [1.82, 2.24) is 20.1 Å². The molecule has 2 heterocycles. The first-order valence-corrected chi connectivity index (χ1v) is 13.5. The predicted octanol–water partition coefficient (Wildman–Crippen LogP) is 6.21. The lowest BCUT2D eigenvalue weighted by atomic mass is 10.1. The Bertz CT molecular complexity index is 1500. The van der Waals surface area contributed by atoms with Crippen molar-refractivity contribution in [1.29, 1.82) is 0 Å². The van der Waals surface area contributed by atoms with Crippen LogP contribution in [0.2, 0.25) is 0 Å². The van der Waals surface area contributed by atoms with Crippen LogP contribution in [-0.2, 0) is 13.0 Å². The van der Waals surface area contributed by atoms with Gasteiger partial charge in [0.15, 0.2) is 11.0 Å². The van der Waals surface area contributed by atoms with Crippen molar-refractivity contribution >= 4 is 28.6 Å². The number of alkyl halides is 3. The van der Waals surface area contributed by atoms with E-state index in [1.807, 2.05) is 36.4 Å². The molecule has 2 amide bonds. The number of urea groups is 1. The van der Waals surface area contributed by atoms with Crippen molar-refractivity contribution in [3.8, 4) is 22.8 Å². The summed E-state index contributed by atoms with van der Waals surface area (Å²) < 4.78 is 42.5. The number of carbonyl (C=O) groups is 1. The van der Waals surface area contributed by atoms with Crippen LogP contribution >= 0.6 is 11.8 Å². The first-order valence-electron chi connectivity index (χ1n) is 12.5. The van der Waals surface area contributed by atoms with Gasteiger partial charge in [-0.15, -0.1) is 18.3 Å². The number of benzene rings is 3. The highest BCUT2D eigenvalue weighted by Gasteiger charge is 2.31. The molecule has 1 aliphatic rings. The van der Waals surface area contributed by atoms with Crippen LogP contribution in [0.15, 0.2) is 84.1 Å². The fraction of sp³-hybridized carbons (Fsp3) is 0.214. The average molecular weight is 567 g/mol. The van der Waals surface area contributed by atoms with Crippen LogP contribution in [0.5, 0.6) is 5.75 Å². The van der Waals surface area contributed by atoms with E-state index in [1.165, 1.54) is 40.8 Å². The second kappa shape index (κ2) is 11.8. The number of carbonyl (C=O) groups excluding carboxylic acids is 1. The minimum absolute atomic E-state index is 0.306. The number of aromatic nitrogens is 3. The van der Waals surface area contributed by atoms with E-state index in [9.17, 15) is 18.0 Å². The molecular weight excluding hydrogens is 541 g/mol. The van der Waals surface area contributed by atoms with Crippen molar-refractivity contribution in [2.24, 2.45) is 4.99 Å². The molecule has 0 spiro atoms. The van der Waals surface area contributed by atoms with Crippen LogP contribution < -0.4 is 15.0 Å². The number of halogens is 3. The lowest BCUT2D eigenvalue weighted by Crippen LogP contribution is -2.28. The molecule has 0 bridgehead atoms. The topological polar surface area (TPSA) is 84.6 Å². The molecule has 0 saturated carbocycles. The Hall–Kier alpha value is -4.32. The van der Waals surface area contributed by atoms with Gasteiger partial charge in [0.25, 0.3) is 0 Å². The number of nitrogens with zero attached hydrogens (tertiary/aromatic N) is 5. The Balaban J connectivity index is 1.19. The van der Waals surface area contributed by atoms with Crippen LogP contribution in [0.3, 0.4) is 0 Å². The lowest BCUT2D eigenvalue weighted by Gasteiger charge is -2.20. The van der Waals surface area contributed by atoms with Gasteiger partial charge in [-0.2, -0.15) is 4.99 Å². The van der Waals surface area contributed by atoms with Crippen LogP contribution in [0.4, 0.5) is 23.7 Å². The number of hydrogen-bond acceptors (Lipinski definition) is 5. The summed E-state index contributed by atoms with van der Waals surface area (Å²) in [5.41, 5.74) is 4.46. The van der Waals surface area contributed by atoms with Gasteiger partial charge in [0.1, 0.15) is 12.1 Å². The molecule has 40 heavy (non-hydrogen) atoms. The smallest absolute Gasteiger partial charge is 0.406 e. The van der Waals surface area contributed by atoms with Crippen LogP contribution in [0.25, 0.3) is 17.1 Å². The van der Waals surface area contributed by atoms with Crippen molar-refractivity contribution in [3.05, 3.63) is 90.3 Å². The summed E-state index contributed by atoms with van der Waals surface area (Å²) in [6.45, 7) is 3.22. The highest BCUT2D eigenvalue weighted by atomic mass is 32.2. The predicted molar refractivity (Wildman–Crippen MR) is 149 cm³/mol. The van der Waals surface area contributed by atoms with Gasteiger partial charge in [-0.3, -0.25) is 0 Å². The zero-order valence-electron chi connectivity index (χ0n) is 21.4. The maximum absolute atomic E-state index is 12.6. The van der Waals surface area contributed by atoms with E-state index < -0.39 is 12.4 Å². The summed E-state index contributed by atoms with van der Waals surface area (Å²) in [4.78, 5) is 23.3. The molecular formula is C28H25F3N6O2S. The van der Waals surface area contributed by atoms with Gasteiger partial charge in [-0.1, -0.05) is 61.2 Å². The van der Waals surface area contributed by atoms with Crippen LogP contribution in [0.1, 0.15) is 18.1 Å². The van der Waals surface area contributed by atoms with Crippen LogP contribution in [0, 0.1) is 0 Å². The molecule has 8 nitrogen and oxygen atoms in total. The third-order valence-electron chi connectivity index (χ3n) is 6.12. The summed E-state index contributed by atoms with van der Waals surface area (Å²) in [6.07, 6.45) is -2.37. The Morgan fingerprint density at radius 3 is 2.55 bits per heavy atom. The highest BCUT2D eigenvalue weighted by Crippen LogP contribution is 2.29. The number of aryl methyl sites for hydroxylation is 1. The first kappa shape index (κ1) is 27.3. The third kappa shape index (κ3) is 6.63. The minimum atomic E-state index is -4.75. The molecule has 1 aromatic heterocycles. The number of nitrogens with one attached hydrogen (secondary N) is 1. The number of ether oxygens (including phenoxy) is 1. The van der Waals surface area contributed by atoms with E-state index in [-0.39, 0.29) is 5.75 Å². The number of rotatable bonds is 7. The van der Waals surface area contributed by atoms with Gasteiger partial charge in [0.05, 0.1) is 5.69 Å². The van der Waals surface area contributed by atoms with E-state index in [1.54, 1.807) is 11.8 Å². The molecule has 1 saturated heterocycles. The minimum Gasteiger partial charge on any atom is -0.406 e. The normalized spacial score (nSPS) is 14.5. The van der Waals surface area contributed by atoms with Crippen LogP contribution in [-0.4, -0.2) is 44.6 Å². The number of hydrogen-bond donors (Lipinski definition) is 1. The van der Waals surface area contributed by atoms with Gasteiger partial charge in [-0.25, -0.2) is 14.5 Å². The zero-order valence-corrected chi connectivity index (χ0v) is 22.2.